The first-order valence-electron chi connectivity index (χ1n) is 14.3. The van der Waals surface area contributed by atoms with E-state index in [1.165, 1.54) is 27.2 Å². The number of carbonyl (C=O) groups excluding carboxylic acids is 1. The van der Waals surface area contributed by atoms with Crippen LogP contribution >= 0.6 is 0 Å². The number of sulfonamides is 1. The summed E-state index contributed by atoms with van der Waals surface area (Å²) in [5, 5.41) is 0.424. The van der Waals surface area contributed by atoms with Crippen LogP contribution in [0.2, 0.25) is 0 Å². The zero-order chi connectivity index (χ0) is 30.5. The van der Waals surface area contributed by atoms with E-state index in [4.69, 9.17) is 4.74 Å². The maximum absolute atomic E-state index is 14.1. The SMILES string of the molecule is Cc1nc2cnccc2n1CC1CCN(S(=O)(=O)c2cn(C(=O)OC(C)(C)C)c3cc(-c4ccc(F)cc4)ccc23)CC1. The van der Waals surface area contributed by atoms with Gasteiger partial charge in [-0.3, -0.25) is 9.55 Å². The van der Waals surface area contributed by atoms with Crippen LogP contribution in [-0.4, -0.2) is 56.6 Å². The normalized spacial score (nSPS) is 15.4. The van der Waals surface area contributed by atoms with E-state index in [-0.39, 0.29) is 16.6 Å². The molecule has 0 saturated carbocycles. The van der Waals surface area contributed by atoms with Gasteiger partial charge in [0.05, 0.1) is 17.2 Å². The van der Waals surface area contributed by atoms with Crippen molar-refractivity contribution in [2.75, 3.05) is 13.1 Å². The molecule has 3 aromatic heterocycles. The van der Waals surface area contributed by atoms with Crippen molar-refractivity contribution in [1.29, 1.82) is 0 Å². The number of aryl methyl sites for hydroxylation is 1. The Morgan fingerprint density at radius 1 is 1.02 bits per heavy atom. The first-order valence-corrected chi connectivity index (χ1v) is 15.8. The second kappa shape index (κ2) is 10.9. The van der Waals surface area contributed by atoms with Crippen LogP contribution in [0.5, 0.6) is 0 Å². The predicted octanol–water partition coefficient (Wildman–Crippen LogP) is 6.38. The van der Waals surface area contributed by atoms with E-state index in [9.17, 15) is 17.6 Å². The molecule has 1 aliphatic rings. The van der Waals surface area contributed by atoms with Crippen LogP contribution in [0.15, 0.2) is 72.0 Å². The average Bonchev–Trinajstić information content (AvgIpc) is 3.50. The molecule has 1 aliphatic heterocycles. The van der Waals surface area contributed by atoms with Crippen LogP contribution < -0.4 is 0 Å². The van der Waals surface area contributed by atoms with Gasteiger partial charge in [0.1, 0.15) is 27.7 Å². The molecule has 0 bridgehead atoms. The molecule has 9 nitrogen and oxygen atoms in total. The molecular formula is C32H34FN5O4S. The van der Waals surface area contributed by atoms with E-state index in [1.54, 1.807) is 63.5 Å². The Kier molecular flexibility index (Phi) is 7.34. The highest BCUT2D eigenvalue weighted by Gasteiger charge is 2.33. The van der Waals surface area contributed by atoms with Gasteiger partial charge in [-0.25, -0.2) is 22.6 Å². The highest BCUT2D eigenvalue weighted by molar-refractivity contribution is 7.89. The molecular weight excluding hydrogens is 569 g/mol. The Morgan fingerprint density at radius 2 is 1.72 bits per heavy atom. The standard InChI is InChI=1S/C32H34FN5O4S/c1-21-35-27-18-34-14-11-28(27)37(21)19-22-12-15-36(16-13-22)43(40,41)30-20-38(31(39)42-32(2,3)4)29-17-24(7-10-26(29)30)23-5-8-25(33)9-6-23/h5-11,14,17-18,20,22H,12-13,15-16,19H2,1-4H3. The molecule has 6 rings (SSSR count). The van der Waals surface area contributed by atoms with Gasteiger partial charge >= 0.3 is 6.09 Å². The van der Waals surface area contributed by atoms with Crippen LogP contribution in [0.1, 0.15) is 39.4 Å². The maximum Gasteiger partial charge on any atom is 0.419 e. The predicted molar refractivity (Wildman–Crippen MR) is 163 cm³/mol. The molecule has 2 aromatic carbocycles. The second-order valence-electron chi connectivity index (χ2n) is 12.1. The first kappa shape index (κ1) is 29.0. The number of aromatic nitrogens is 4. The van der Waals surface area contributed by atoms with Gasteiger partial charge in [0.2, 0.25) is 10.0 Å². The first-order chi connectivity index (χ1) is 20.4. The zero-order valence-corrected chi connectivity index (χ0v) is 25.4. The molecule has 1 fully saturated rings. The van der Waals surface area contributed by atoms with Crippen LogP contribution in [0.4, 0.5) is 9.18 Å². The summed E-state index contributed by atoms with van der Waals surface area (Å²) in [4.78, 5) is 22.1. The van der Waals surface area contributed by atoms with Crippen molar-refractivity contribution >= 4 is 38.1 Å². The molecule has 0 atom stereocenters. The van der Waals surface area contributed by atoms with E-state index in [0.29, 0.717) is 36.8 Å². The summed E-state index contributed by atoms with van der Waals surface area (Å²) in [6.45, 7) is 8.74. The fourth-order valence-corrected chi connectivity index (χ4v) is 7.41. The molecule has 0 amide bonds. The number of halogens is 1. The Morgan fingerprint density at radius 3 is 2.42 bits per heavy atom. The van der Waals surface area contributed by atoms with Gasteiger partial charge < -0.3 is 9.30 Å². The summed E-state index contributed by atoms with van der Waals surface area (Å²) < 4.78 is 52.2. The highest BCUT2D eigenvalue weighted by atomic mass is 32.2. The minimum absolute atomic E-state index is 0.0569. The number of piperidine rings is 1. The number of hydrogen-bond acceptors (Lipinski definition) is 6. The summed E-state index contributed by atoms with van der Waals surface area (Å²) in [7, 11) is -3.93. The summed E-state index contributed by atoms with van der Waals surface area (Å²) in [6.07, 6.45) is 5.59. The third kappa shape index (κ3) is 5.66. The summed E-state index contributed by atoms with van der Waals surface area (Å²) >= 11 is 0. The molecule has 0 N–H and O–H groups in total. The Bertz CT molecular complexity index is 1930. The lowest BCUT2D eigenvalue weighted by Gasteiger charge is -2.31. The van der Waals surface area contributed by atoms with Crippen LogP contribution in [0, 0.1) is 18.7 Å². The van der Waals surface area contributed by atoms with Crippen molar-refractivity contribution in [2.45, 2.75) is 57.6 Å². The molecule has 11 heteroatoms. The van der Waals surface area contributed by atoms with Crippen molar-refractivity contribution in [2.24, 2.45) is 5.92 Å². The fourth-order valence-electron chi connectivity index (χ4n) is 5.75. The Labute approximate surface area is 250 Å². The van der Waals surface area contributed by atoms with Gasteiger partial charge in [-0.1, -0.05) is 24.3 Å². The van der Waals surface area contributed by atoms with Crippen LogP contribution in [-0.2, 0) is 21.3 Å². The van der Waals surface area contributed by atoms with E-state index in [1.807, 2.05) is 13.0 Å². The van der Waals surface area contributed by atoms with Gasteiger partial charge in [0, 0.05) is 37.4 Å². The molecule has 0 radical (unpaired) electrons. The lowest BCUT2D eigenvalue weighted by molar-refractivity contribution is 0.0544. The molecule has 1 saturated heterocycles. The van der Waals surface area contributed by atoms with E-state index < -0.39 is 21.7 Å². The van der Waals surface area contributed by atoms with Crippen molar-refractivity contribution < 1.29 is 22.3 Å². The summed E-state index contributed by atoms with van der Waals surface area (Å²) in [5.74, 6) is 0.843. The lowest BCUT2D eigenvalue weighted by atomic mass is 9.98. The van der Waals surface area contributed by atoms with Crippen molar-refractivity contribution in [3.05, 3.63) is 78.8 Å². The Balaban J connectivity index is 1.30. The number of fused-ring (bicyclic) bond motifs is 2. The van der Waals surface area contributed by atoms with Gasteiger partial charge in [0.15, 0.2) is 0 Å². The largest absolute Gasteiger partial charge is 0.443 e. The summed E-state index contributed by atoms with van der Waals surface area (Å²) in [6, 6.07) is 13.2. The van der Waals surface area contributed by atoms with Crippen molar-refractivity contribution in [3.8, 4) is 11.1 Å². The number of pyridine rings is 1. The van der Waals surface area contributed by atoms with Gasteiger partial charge in [-0.15, -0.1) is 0 Å². The Hall–Kier alpha value is -4.09. The van der Waals surface area contributed by atoms with Crippen LogP contribution in [0.3, 0.4) is 0 Å². The van der Waals surface area contributed by atoms with Crippen LogP contribution in [0.25, 0.3) is 33.1 Å². The van der Waals surface area contributed by atoms with Crippen molar-refractivity contribution in [3.63, 3.8) is 0 Å². The van der Waals surface area contributed by atoms with Gasteiger partial charge in [-0.05, 0) is 81.8 Å². The number of rotatable bonds is 5. The number of carbonyl (C=O) groups is 1. The minimum atomic E-state index is -3.93. The molecule has 4 heterocycles. The quantitative estimate of drug-likeness (QED) is 0.231. The number of nitrogens with zero attached hydrogens (tertiary/aromatic N) is 5. The molecule has 0 spiro atoms. The highest BCUT2D eigenvalue weighted by Crippen LogP contribution is 2.34. The third-order valence-corrected chi connectivity index (χ3v) is 9.84. The number of imidazole rings is 1. The smallest absolute Gasteiger partial charge is 0.419 e. The second-order valence-corrected chi connectivity index (χ2v) is 14.0. The average molecular weight is 604 g/mol. The molecule has 0 aliphatic carbocycles. The third-order valence-electron chi connectivity index (χ3n) is 7.91. The monoisotopic (exact) mass is 603 g/mol. The summed E-state index contributed by atoms with van der Waals surface area (Å²) in [5.41, 5.74) is 2.96. The van der Waals surface area contributed by atoms with E-state index >= 15 is 0 Å². The van der Waals surface area contributed by atoms with E-state index in [2.05, 4.69) is 14.5 Å². The number of benzene rings is 2. The lowest BCUT2D eigenvalue weighted by Crippen LogP contribution is -2.39. The molecule has 0 unspecified atom stereocenters. The topological polar surface area (TPSA) is 99.3 Å². The van der Waals surface area contributed by atoms with Gasteiger partial charge in [0.25, 0.3) is 0 Å². The van der Waals surface area contributed by atoms with E-state index in [0.717, 1.165) is 34.5 Å². The van der Waals surface area contributed by atoms with Gasteiger partial charge in [-0.2, -0.15) is 4.31 Å². The number of ether oxygens (including phenoxy) is 1. The van der Waals surface area contributed by atoms with Crippen molar-refractivity contribution in [1.82, 2.24) is 23.4 Å². The zero-order valence-electron chi connectivity index (χ0n) is 24.6. The number of hydrogen-bond donors (Lipinski definition) is 0. The fraction of sp³-hybridized carbons (Fsp3) is 0.344. The minimum Gasteiger partial charge on any atom is -0.443 e. The molecule has 43 heavy (non-hydrogen) atoms. The molecule has 5 aromatic rings. The maximum atomic E-state index is 14.1. The molecule has 224 valence electrons.